The average Bonchev–Trinajstić information content (AvgIpc) is 3.05. The lowest BCUT2D eigenvalue weighted by Gasteiger charge is -2.33. The number of benzene rings is 3. The van der Waals surface area contributed by atoms with Crippen LogP contribution in [0.4, 0.5) is 18.9 Å². The second kappa shape index (κ2) is 14.2. The third kappa shape index (κ3) is 7.23. The van der Waals surface area contributed by atoms with Crippen molar-refractivity contribution in [2.75, 3.05) is 12.4 Å². The molecule has 0 unspecified atom stereocenters. The number of phenols is 1. The summed E-state index contributed by atoms with van der Waals surface area (Å²) >= 11 is 0. The van der Waals surface area contributed by atoms with E-state index in [-0.39, 0.29) is 6.42 Å². The fourth-order valence-electron chi connectivity index (χ4n) is 5.25. The Morgan fingerprint density at radius 3 is 2.06 bits per heavy atom. The van der Waals surface area contributed by atoms with Crippen LogP contribution < -0.4 is 10.6 Å². The van der Waals surface area contributed by atoms with E-state index in [1.165, 1.54) is 38.1 Å². The van der Waals surface area contributed by atoms with Crippen molar-refractivity contribution in [2.45, 2.75) is 56.4 Å². The molecule has 14 heteroatoms. The summed E-state index contributed by atoms with van der Waals surface area (Å²) in [6.45, 7) is 2.69. The fraction of sp³-hybridized carbons (Fsp3) is 0.333. The number of esters is 2. The number of ether oxygens (including phenoxy) is 3. The minimum atomic E-state index is -5.24. The van der Waals surface area contributed by atoms with Gasteiger partial charge in [0.1, 0.15) is 18.3 Å². The number of methoxy groups -OCH3 is 1. The number of phenolic OH excluding ortho intramolecular Hbond substituents is 1. The van der Waals surface area contributed by atoms with E-state index < -0.39 is 88.4 Å². The van der Waals surface area contributed by atoms with Crippen LogP contribution in [0.1, 0.15) is 35.3 Å². The van der Waals surface area contributed by atoms with E-state index >= 15 is 0 Å². The highest BCUT2D eigenvalue weighted by Gasteiger charge is 2.62. The van der Waals surface area contributed by atoms with Crippen molar-refractivity contribution in [1.82, 2.24) is 5.32 Å². The molecule has 3 aromatic rings. The predicted octanol–water partition coefficient (Wildman–Crippen LogP) is 3.63. The lowest BCUT2D eigenvalue weighted by Crippen LogP contribution is -2.53. The third-order valence-electron chi connectivity index (χ3n) is 7.84. The molecule has 3 aromatic carbocycles. The summed E-state index contributed by atoms with van der Waals surface area (Å²) in [6, 6.07) is 16.6. The standard InChI is InChI=1S/C33H33F3N2O9/c1-18-25(30(43)47-19(2)26(39)23(29(42)46-18)17-20-11-6-4-7-12-20)38-28(41)22-15-10-16-24(27(22)40)37-31(44)32(45-3,33(34,35)36)21-13-8-5-9-14-21/h4-16,18-19,23,25-26,39-40H,17H2,1-3H3,(H,37,44)(H,38,41)/t18-,19+,23-,25+,26+,32-/m1/s1. The van der Waals surface area contributed by atoms with Gasteiger partial charge in [-0.3, -0.25) is 14.4 Å². The molecule has 0 radical (unpaired) electrons. The zero-order valence-electron chi connectivity index (χ0n) is 25.5. The Labute approximate surface area is 267 Å². The summed E-state index contributed by atoms with van der Waals surface area (Å²) < 4.78 is 58.7. The smallest absolute Gasteiger partial charge is 0.430 e. The molecule has 0 aromatic heterocycles. The number of carbonyl (C=O) groups is 4. The second-order valence-electron chi connectivity index (χ2n) is 10.9. The molecule has 6 atom stereocenters. The van der Waals surface area contributed by atoms with E-state index in [0.717, 1.165) is 24.3 Å². The zero-order valence-corrected chi connectivity index (χ0v) is 25.5. The highest BCUT2D eigenvalue weighted by Crippen LogP contribution is 2.43. The molecule has 0 spiro atoms. The Balaban J connectivity index is 1.58. The Kier molecular flexibility index (Phi) is 10.6. The lowest BCUT2D eigenvalue weighted by atomic mass is 9.91. The summed E-state index contributed by atoms with van der Waals surface area (Å²) in [5.41, 5.74) is -4.40. The average molecular weight is 659 g/mol. The van der Waals surface area contributed by atoms with E-state index in [9.17, 15) is 42.6 Å². The van der Waals surface area contributed by atoms with E-state index in [1.54, 1.807) is 30.3 Å². The number of para-hydroxylation sites is 1. The summed E-state index contributed by atoms with van der Waals surface area (Å²) in [5.74, 6) is -6.78. The molecule has 1 fully saturated rings. The van der Waals surface area contributed by atoms with Crippen molar-refractivity contribution >= 4 is 29.4 Å². The maximum atomic E-state index is 14.4. The van der Waals surface area contributed by atoms with Crippen LogP contribution in [-0.4, -0.2) is 71.6 Å². The molecule has 11 nitrogen and oxygen atoms in total. The van der Waals surface area contributed by atoms with Crippen LogP contribution in [0, 0.1) is 5.92 Å². The number of cyclic esters (lactones) is 2. The number of alkyl halides is 3. The Morgan fingerprint density at radius 1 is 0.872 bits per heavy atom. The van der Waals surface area contributed by atoms with Gasteiger partial charge in [-0.1, -0.05) is 66.7 Å². The SMILES string of the molecule is CO[C@@](C(=O)Nc1cccc(C(=O)N[C@@H]2C(=O)O[C@@H](C)[C@H](O)[C@@H](Cc3ccccc3)C(=O)O[C@@H]2C)c1O)(c1ccccc1)C(F)(F)F. The normalized spacial score (nSPS) is 23.2. The molecule has 1 aliphatic rings. The first-order chi connectivity index (χ1) is 22.2. The minimum absolute atomic E-state index is 0.0713. The van der Waals surface area contributed by atoms with Crippen molar-refractivity contribution in [3.8, 4) is 5.75 Å². The van der Waals surface area contributed by atoms with Crippen LogP contribution in [0.2, 0.25) is 0 Å². The van der Waals surface area contributed by atoms with Gasteiger partial charge >= 0.3 is 18.1 Å². The number of hydrogen-bond donors (Lipinski definition) is 4. The number of aromatic hydroxyl groups is 1. The van der Waals surface area contributed by atoms with Gasteiger partial charge in [-0.25, -0.2) is 4.79 Å². The number of hydrogen-bond acceptors (Lipinski definition) is 9. The molecule has 0 aliphatic carbocycles. The first-order valence-corrected chi connectivity index (χ1v) is 14.5. The molecule has 1 saturated heterocycles. The number of aliphatic hydroxyl groups excluding tert-OH is 1. The van der Waals surface area contributed by atoms with Crippen LogP contribution >= 0.6 is 0 Å². The molecular formula is C33H33F3N2O9. The molecule has 4 rings (SSSR count). The van der Waals surface area contributed by atoms with Crippen LogP contribution in [0.25, 0.3) is 0 Å². The number of rotatable bonds is 8. The summed E-state index contributed by atoms with van der Waals surface area (Å²) in [4.78, 5) is 52.8. The minimum Gasteiger partial charge on any atom is -0.505 e. The number of amides is 2. The van der Waals surface area contributed by atoms with Gasteiger partial charge < -0.3 is 35.1 Å². The number of halogens is 3. The molecule has 250 valence electrons. The first-order valence-electron chi connectivity index (χ1n) is 14.5. The summed E-state index contributed by atoms with van der Waals surface area (Å²) in [7, 11) is 0.706. The molecular weight excluding hydrogens is 625 g/mol. The third-order valence-corrected chi connectivity index (χ3v) is 7.84. The van der Waals surface area contributed by atoms with Gasteiger partial charge in [0.05, 0.1) is 17.2 Å². The first kappa shape index (κ1) is 34.9. The number of anilines is 1. The molecule has 4 N–H and O–H groups in total. The molecule has 0 bridgehead atoms. The largest absolute Gasteiger partial charge is 0.505 e. The van der Waals surface area contributed by atoms with E-state index in [4.69, 9.17) is 14.2 Å². The van der Waals surface area contributed by atoms with Gasteiger partial charge in [-0.2, -0.15) is 13.2 Å². The lowest BCUT2D eigenvalue weighted by molar-refractivity contribution is -0.263. The highest BCUT2D eigenvalue weighted by molar-refractivity contribution is 6.04. The summed E-state index contributed by atoms with van der Waals surface area (Å²) in [5, 5.41) is 26.1. The van der Waals surface area contributed by atoms with E-state index in [1.807, 2.05) is 5.32 Å². The van der Waals surface area contributed by atoms with E-state index in [0.29, 0.717) is 12.7 Å². The molecule has 2 amide bonds. The van der Waals surface area contributed by atoms with Crippen LogP contribution in [0.3, 0.4) is 0 Å². The molecule has 47 heavy (non-hydrogen) atoms. The number of aliphatic hydroxyl groups is 1. The van der Waals surface area contributed by atoms with Gasteiger partial charge in [0.2, 0.25) is 0 Å². The highest BCUT2D eigenvalue weighted by atomic mass is 19.4. The molecule has 1 heterocycles. The second-order valence-corrected chi connectivity index (χ2v) is 10.9. The summed E-state index contributed by atoms with van der Waals surface area (Å²) in [6.07, 6.45) is -9.14. The van der Waals surface area contributed by atoms with Crippen molar-refractivity contribution in [3.05, 3.63) is 95.6 Å². The Morgan fingerprint density at radius 2 is 1.47 bits per heavy atom. The van der Waals surface area contributed by atoms with Crippen molar-refractivity contribution in [3.63, 3.8) is 0 Å². The zero-order chi connectivity index (χ0) is 34.5. The van der Waals surface area contributed by atoms with Crippen molar-refractivity contribution < 1.29 is 56.8 Å². The molecule has 1 aliphatic heterocycles. The predicted molar refractivity (Wildman–Crippen MR) is 160 cm³/mol. The fourth-order valence-corrected chi connectivity index (χ4v) is 5.25. The van der Waals surface area contributed by atoms with Crippen molar-refractivity contribution in [1.29, 1.82) is 0 Å². The number of carbonyl (C=O) groups excluding carboxylic acids is 4. The maximum absolute atomic E-state index is 14.4. The Bertz CT molecular complexity index is 1600. The van der Waals surface area contributed by atoms with Gasteiger partial charge in [-0.05, 0) is 38.0 Å². The maximum Gasteiger partial charge on any atom is 0.430 e. The van der Waals surface area contributed by atoms with Crippen LogP contribution in [0.15, 0.2) is 78.9 Å². The van der Waals surface area contributed by atoms with Gasteiger partial charge in [-0.15, -0.1) is 0 Å². The van der Waals surface area contributed by atoms with E-state index in [2.05, 4.69) is 5.32 Å². The van der Waals surface area contributed by atoms with Crippen molar-refractivity contribution in [2.24, 2.45) is 5.92 Å². The quantitative estimate of drug-likeness (QED) is 0.209. The van der Waals surface area contributed by atoms with Gasteiger partial charge in [0, 0.05) is 12.7 Å². The Hall–Kier alpha value is -4.95. The monoisotopic (exact) mass is 658 g/mol. The topological polar surface area (TPSA) is 160 Å². The van der Waals surface area contributed by atoms with Gasteiger partial charge in [0.25, 0.3) is 17.4 Å². The number of nitrogens with one attached hydrogen (secondary N) is 2. The van der Waals surface area contributed by atoms with Crippen LogP contribution in [0.5, 0.6) is 5.75 Å². The molecule has 0 saturated carbocycles. The van der Waals surface area contributed by atoms with Crippen LogP contribution in [-0.2, 0) is 40.6 Å². The van der Waals surface area contributed by atoms with Gasteiger partial charge in [0.15, 0.2) is 11.8 Å².